The second-order valence-electron chi connectivity index (χ2n) is 6.00. The van der Waals surface area contributed by atoms with Crippen LogP contribution < -0.4 is 5.32 Å². The predicted molar refractivity (Wildman–Crippen MR) is 92.8 cm³/mol. The minimum Gasteiger partial charge on any atom is -0.307 e. The minimum atomic E-state index is -2.23. The van der Waals surface area contributed by atoms with Gasteiger partial charge in [0.05, 0.1) is 23.3 Å². The van der Waals surface area contributed by atoms with Gasteiger partial charge in [-0.05, 0) is 6.42 Å². The Morgan fingerprint density at radius 2 is 1.76 bits per heavy atom. The Morgan fingerprint density at radius 3 is 2.31 bits per heavy atom. The Labute approximate surface area is 165 Å². The van der Waals surface area contributed by atoms with Gasteiger partial charge in [0.15, 0.2) is 29.1 Å². The zero-order chi connectivity index (χ0) is 21.3. The summed E-state index contributed by atoms with van der Waals surface area (Å²) in [5, 5.41) is 10.7. The van der Waals surface area contributed by atoms with E-state index >= 15 is 0 Å². The van der Waals surface area contributed by atoms with Gasteiger partial charge in [-0.3, -0.25) is 14.2 Å². The first-order valence-corrected chi connectivity index (χ1v) is 8.65. The van der Waals surface area contributed by atoms with Crippen LogP contribution in [0.25, 0.3) is 0 Å². The first kappa shape index (κ1) is 20.8. The second kappa shape index (κ2) is 8.19. The van der Waals surface area contributed by atoms with E-state index in [1.807, 2.05) is 0 Å². The molecule has 3 rings (SSSR count). The van der Waals surface area contributed by atoms with Crippen LogP contribution in [0.4, 0.5) is 27.8 Å². The van der Waals surface area contributed by atoms with Crippen molar-refractivity contribution in [3.8, 4) is 0 Å². The quantitative estimate of drug-likeness (QED) is 0.362. The molecule has 1 amide bonds. The Balaban J connectivity index is 1.77. The van der Waals surface area contributed by atoms with Crippen LogP contribution in [-0.2, 0) is 11.3 Å². The lowest BCUT2D eigenvalue weighted by atomic mass is 10.1. The summed E-state index contributed by atoms with van der Waals surface area (Å²) < 4.78 is 69.6. The van der Waals surface area contributed by atoms with Crippen molar-refractivity contribution >= 4 is 23.3 Å². The molecule has 1 aromatic carbocycles. The van der Waals surface area contributed by atoms with Crippen LogP contribution in [0, 0.1) is 29.1 Å². The van der Waals surface area contributed by atoms with Crippen LogP contribution in [0.2, 0.25) is 5.02 Å². The van der Waals surface area contributed by atoms with E-state index in [-0.39, 0.29) is 5.82 Å². The van der Waals surface area contributed by atoms with Gasteiger partial charge in [0.25, 0.3) is 0 Å². The third-order valence-corrected chi connectivity index (χ3v) is 4.29. The van der Waals surface area contributed by atoms with Crippen molar-refractivity contribution in [1.82, 2.24) is 19.6 Å². The molecule has 3 aromatic rings. The highest BCUT2D eigenvalue weighted by atomic mass is 35.5. The highest BCUT2D eigenvalue weighted by molar-refractivity contribution is 6.30. The molecule has 29 heavy (non-hydrogen) atoms. The summed E-state index contributed by atoms with van der Waals surface area (Å²) in [7, 11) is 0. The van der Waals surface area contributed by atoms with Crippen molar-refractivity contribution in [1.29, 1.82) is 0 Å². The number of rotatable bonds is 6. The number of halogens is 6. The van der Waals surface area contributed by atoms with E-state index in [1.54, 1.807) is 6.92 Å². The van der Waals surface area contributed by atoms with Crippen LogP contribution >= 0.6 is 11.6 Å². The van der Waals surface area contributed by atoms with Gasteiger partial charge in [-0.1, -0.05) is 18.5 Å². The molecule has 0 spiro atoms. The highest BCUT2D eigenvalue weighted by Gasteiger charge is 2.26. The number of hydrogen-bond donors (Lipinski definition) is 1. The highest BCUT2D eigenvalue weighted by Crippen LogP contribution is 2.24. The number of nitrogens with zero attached hydrogens (tertiary/aromatic N) is 4. The lowest BCUT2D eigenvalue weighted by molar-refractivity contribution is -0.119. The first-order chi connectivity index (χ1) is 13.7. The molecule has 2 aromatic heterocycles. The SMILES string of the molecule is CCC(C(=O)Nc1ccn(Cc2c(F)c(F)c(F)c(F)c2F)n1)n1cc(Cl)cn1. The van der Waals surface area contributed by atoms with Crippen LogP contribution in [0.3, 0.4) is 0 Å². The molecule has 1 atom stereocenters. The van der Waals surface area contributed by atoms with Gasteiger partial charge in [0.2, 0.25) is 11.7 Å². The minimum absolute atomic E-state index is 0.0237. The number of nitrogens with one attached hydrogen (secondary N) is 1. The summed E-state index contributed by atoms with van der Waals surface area (Å²) in [5.74, 6) is -10.6. The number of carbonyl (C=O) groups excluding carboxylic acids is 1. The normalized spacial score (nSPS) is 12.2. The fraction of sp³-hybridized carbons (Fsp3) is 0.235. The molecule has 0 radical (unpaired) electrons. The van der Waals surface area contributed by atoms with Crippen molar-refractivity contribution < 1.29 is 26.7 Å². The molecule has 0 bridgehead atoms. The number of anilines is 1. The zero-order valence-corrected chi connectivity index (χ0v) is 15.5. The molecule has 0 fully saturated rings. The predicted octanol–water partition coefficient (Wildman–Crippen LogP) is 4.07. The van der Waals surface area contributed by atoms with E-state index in [9.17, 15) is 26.7 Å². The maximum Gasteiger partial charge on any atom is 0.250 e. The average Bonchev–Trinajstić information content (AvgIpc) is 3.31. The van der Waals surface area contributed by atoms with Gasteiger partial charge >= 0.3 is 0 Å². The Hall–Kier alpha value is -2.95. The van der Waals surface area contributed by atoms with Gasteiger partial charge < -0.3 is 5.32 Å². The third kappa shape index (κ3) is 4.09. The van der Waals surface area contributed by atoms with Gasteiger partial charge in [-0.15, -0.1) is 0 Å². The summed E-state index contributed by atoms with van der Waals surface area (Å²) in [6, 6.07) is 0.620. The molecular weight excluding hydrogens is 421 g/mol. The summed E-state index contributed by atoms with van der Waals surface area (Å²) in [4.78, 5) is 12.4. The second-order valence-corrected chi connectivity index (χ2v) is 6.44. The van der Waals surface area contributed by atoms with Crippen LogP contribution in [0.5, 0.6) is 0 Å². The zero-order valence-electron chi connectivity index (χ0n) is 14.8. The van der Waals surface area contributed by atoms with Crippen molar-refractivity contribution in [2.24, 2.45) is 0 Å². The molecule has 12 heteroatoms. The van der Waals surface area contributed by atoms with Gasteiger partial charge in [-0.2, -0.15) is 10.2 Å². The number of aromatic nitrogens is 4. The van der Waals surface area contributed by atoms with Crippen LogP contribution in [-0.4, -0.2) is 25.5 Å². The van der Waals surface area contributed by atoms with Gasteiger partial charge in [-0.25, -0.2) is 22.0 Å². The number of benzene rings is 1. The number of carbonyl (C=O) groups is 1. The van der Waals surface area contributed by atoms with E-state index < -0.39 is 53.1 Å². The maximum atomic E-state index is 13.8. The molecule has 154 valence electrons. The Morgan fingerprint density at radius 1 is 1.14 bits per heavy atom. The molecule has 2 heterocycles. The smallest absolute Gasteiger partial charge is 0.250 e. The van der Waals surface area contributed by atoms with E-state index in [2.05, 4.69) is 15.5 Å². The van der Waals surface area contributed by atoms with E-state index in [4.69, 9.17) is 11.6 Å². The fourth-order valence-electron chi connectivity index (χ4n) is 2.66. The number of hydrogen-bond acceptors (Lipinski definition) is 3. The van der Waals surface area contributed by atoms with E-state index in [0.29, 0.717) is 11.4 Å². The standard InChI is InChI=1S/C17H13ClF5N5O/c1-2-10(28-6-8(18)5-24-28)17(29)25-11-3-4-27(26-11)7-9-12(19)14(21)16(23)15(22)13(9)20/h3-6,10H,2,7H2,1H3,(H,25,26,29). The Kier molecular flexibility index (Phi) is 5.87. The average molecular weight is 434 g/mol. The molecule has 1 N–H and O–H groups in total. The summed E-state index contributed by atoms with van der Waals surface area (Å²) in [6.07, 6.45) is 4.45. The van der Waals surface area contributed by atoms with Gasteiger partial charge in [0, 0.05) is 18.5 Å². The molecule has 0 saturated heterocycles. The van der Waals surface area contributed by atoms with Crippen LogP contribution in [0.15, 0.2) is 24.7 Å². The molecule has 0 aliphatic heterocycles. The molecule has 0 aliphatic rings. The van der Waals surface area contributed by atoms with E-state index in [0.717, 1.165) is 4.68 Å². The molecular formula is C17H13ClF5N5O. The topological polar surface area (TPSA) is 64.7 Å². The summed E-state index contributed by atoms with van der Waals surface area (Å²) in [6.45, 7) is 1.02. The lowest BCUT2D eigenvalue weighted by Crippen LogP contribution is -2.26. The van der Waals surface area contributed by atoms with Gasteiger partial charge in [0.1, 0.15) is 6.04 Å². The van der Waals surface area contributed by atoms with E-state index in [1.165, 1.54) is 29.3 Å². The number of amides is 1. The molecule has 1 unspecified atom stereocenters. The Bertz CT molecular complexity index is 1040. The largest absolute Gasteiger partial charge is 0.307 e. The van der Waals surface area contributed by atoms with Crippen molar-refractivity contribution in [3.05, 3.63) is 64.3 Å². The summed E-state index contributed by atoms with van der Waals surface area (Å²) in [5.41, 5.74) is -1.04. The molecule has 0 saturated carbocycles. The van der Waals surface area contributed by atoms with Crippen molar-refractivity contribution in [3.63, 3.8) is 0 Å². The van der Waals surface area contributed by atoms with Crippen molar-refractivity contribution in [2.45, 2.75) is 25.9 Å². The maximum absolute atomic E-state index is 13.8. The summed E-state index contributed by atoms with van der Waals surface area (Å²) >= 11 is 5.80. The van der Waals surface area contributed by atoms with Crippen molar-refractivity contribution in [2.75, 3.05) is 5.32 Å². The first-order valence-electron chi connectivity index (χ1n) is 8.27. The molecule has 0 aliphatic carbocycles. The monoisotopic (exact) mass is 433 g/mol. The lowest BCUT2D eigenvalue weighted by Gasteiger charge is -2.14. The molecule has 6 nitrogen and oxygen atoms in total. The van der Waals surface area contributed by atoms with Crippen LogP contribution in [0.1, 0.15) is 24.9 Å². The third-order valence-electron chi connectivity index (χ3n) is 4.09. The fourth-order valence-corrected chi connectivity index (χ4v) is 2.80.